The van der Waals surface area contributed by atoms with Crippen LogP contribution in [-0.2, 0) is 0 Å². The quantitative estimate of drug-likeness (QED) is 0.507. The van der Waals surface area contributed by atoms with Crippen LogP contribution in [0.5, 0.6) is 11.5 Å². The topological polar surface area (TPSA) is 131 Å². The summed E-state index contributed by atoms with van der Waals surface area (Å²) in [7, 11) is 0. The minimum atomic E-state index is -1.00. The first-order valence-electron chi connectivity index (χ1n) is 6.55. The van der Waals surface area contributed by atoms with E-state index in [1.807, 2.05) is 0 Å². The Morgan fingerprint density at radius 1 is 1.14 bits per heavy atom. The lowest BCUT2D eigenvalue weighted by Crippen LogP contribution is -2.17. The normalized spacial score (nSPS) is 12.0. The molecule has 7 nitrogen and oxygen atoms in total. The molecule has 7 N–H and O–H groups in total. The van der Waals surface area contributed by atoms with Gasteiger partial charge in [0.25, 0.3) is 0 Å². The standard InChI is InChI=1S/C8H9NO2.C7H8N2O2/c10-6-1-2-8-7(5-6)9-3-4-11-8;8-5-2-1-4(7(10)11)3-6(5)9/h1-2,5,9-10H,3-4H2;1-3H,8-9H2,(H,10,11). The molecule has 0 saturated heterocycles. The van der Waals surface area contributed by atoms with E-state index in [1.54, 1.807) is 18.2 Å². The highest BCUT2D eigenvalue weighted by Crippen LogP contribution is 2.30. The zero-order valence-electron chi connectivity index (χ0n) is 11.7. The van der Waals surface area contributed by atoms with E-state index in [2.05, 4.69) is 5.32 Å². The van der Waals surface area contributed by atoms with Crippen LogP contribution in [0.2, 0.25) is 0 Å². The van der Waals surface area contributed by atoms with Gasteiger partial charge in [-0.1, -0.05) is 0 Å². The maximum absolute atomic E-state index is 10.4. The number of ether oxygens (including phenoxy) is 1. The van der Waals surface area contributed by atoms with Crippen LogP contribution in [0.3, 0.4) is 0 Å². The Labute approximate surface area is 127 Å². The average molecular weight is 303 g/mol. The van der Waals surface area contributed by atoms with E-state index in [0.717, 1.165) is 18.0 Å². The second kappa shape index (κ2) is 6.57. The van der Waals surface area contributed by atoms with Crippen LogP contribution in [0.15, 0.2) is 36.4 Å². The molecule has 0 saturated carbocycles. The third-order valence-electron chi connectivity index (χ3n) is 2.97. The van der Waals surface area contributed by atoms with Crippen molar-refractivity contribution in [2.45, 2.75) is 0 Å². The molecule has 1 aliphatic heterocycles. The number of nitrogens with two attached hydrogens (primary N) is 2. The zero-order chi connectivity index (χ0) is 16.1. The van der Waals surface area contributed by atoms with Crippen LogP contribution < -0.4 is 21.5 Å². The van der Waals surface area contributed by atoms with E-state index < -0.39 is 5.97 Å². The first kappa shape index (κ1) is 15.3. The van der Waals surface area contributed by atoms with Gasteiger partial charge in [0.05, 0.1) is 22.6 Å². The first-order valence-corrected chi connectivity index (χ1v) is 6.55. The second-order valence-corrected chi connectivity index (χ2v) is 4.60. The molecule has 0 amide bonds. The number of aromatic carboxylic acids is 1. The number of rotatable bonds is 1. The van der Waals surface area contributed by atoms with Crippen molar-refractivity contribution in [3.8, 4) is 11.5 Å². The number of anilines is 3. The smallest absolute Gasteiger partial charge is 0.335 e. The molecule has 0 atom stereocenters. The molecule has 0 aliphatic carbocycles. The largest absolute Gasteiger partial charge is 0.508 e. The zero-order valence-corrected chi connectivity index (χ0v) is 11.7. The number of carboxylic acids is 1. The van der Waals surface area contributed by atoms with Crippen molar-refractivity contribution >= 4 is 23.0 Å². The van der Waals surface area contributed by atoms with Crippen LogP contribution in [0.25, 0.3) is 0 Å². The number of fused-ring (bicyclic) bond motifs is 1. The Kier molecular flexibility index (Phi) is 4.57. The number of nitrogen functional groups attached to an aromatic ring is 2. The van der Waals surface area contributed by atoms with Crippen LogP contribution in [0.4, 0.5) is 17.1 Å². The number of hydrogen-bond acceptors (Lipinski definition) is 6. The van der Waals surface area contributed by atoms with Crippen molar-refractivity contribution in [1.82, 2.24) is 0 Å². The first-order chi connectivity index (χ1) is 10.5. The molecular weight excluding hydrogens is 286 g/mol. The predicted octanol–water partition coefficient (Wildman–Crippen LogP) is 1.75. The van der Waals surface area contributed by atoms with E-state index in [-0.39, 0.29) is 11.3 Å². The fraction of sp³-hybridized carbons (Fsp3) is 0.133. The highest BCUT2D eigenvalue weighted by Gasteiger charge is 2.08. The molecule has 2 aromatic rings. The lowest BCUT2D eigenvalue weighted by Gasteiger charge is -2.18. The van der Waals surface area contributed by atoms with Crippen LogP contribution >= 0.6 is 0 Å². The highest BCUT2D eigenvalue weighted by molar-refractivity contribution is 5.90. The van der Waals surface area contributed by atoms with Crippen molar-refractivity contribution < 1.29 is 19.7 Å². The third kappa shape index (κ3) is 3.72. The van der Waals surface area contributed by atoms with E-state index >= 15 is 0 Å². The molecule has 0 bridgehead atoms. The second-order valence-electron chi connectivity index (χ2n) is 4.60. The summed E-state index contributed by atoms with van der Waals surface area (Å²) in [6.07, 6.45) is 0. The van der Waals surface area contributed by atoms with Crippen molar-refractivity contribution in [2.75, 3.05) is 29.9 Å². The van der Waals surface area contributed by atoms with Gasteiger partial charge in [0.15, 0.2) is 0 Å². The molecule has 0 aromatic heterocycles. The molecule has 3 rings (SSSR count). The van der Waals surface area contributed by atoms with E-state index in [1.165, 1.54) is 18.2 Å². The number of benzene rings is 2. The number of phenolic OH excluding ortho intramolecular Hbond substituents is 1. The average Bonchev–Trinajstić information content (AvgIpc) is 2.50. The molecule has 0 spiro atoms. The van der Waals surface area contributed by atoms with Crippen molar-refractivity contribution in [3.05, 3.63) is 42.0 Å². The molecule has 2 aromatic carbocycles. The Hall–Kier alpha value is -3.09. The molecule has 22 heavy (non-hydrogen) atoms. The summed E-state index contributed by atoms with van der Waals surface area (Å²) < 4.78 is 5.30. The van der Waals surface area contributed by atoms with Gasteiger partial charge >= 0.3 is 5.97 Å². The number of phenols is 1. The van der Waals surface area contributed by atoms with Gasteiger partial charge in [-0.25, -0.2) is 4.79 Å². The molecule has 116 valence electrons. The van der Waals surface area contributed by atoms with Gasteiger partial charge in [-0.2, -0.15) is 0 Å². The van der Waals surface area contributed by atoms with Crippen molar-refractivity contribution in [3.63, 3.8) is 0 Å². The number of carbonyl (C=O) groups is 1. The lowest BCUT2D eigenvalue weighted by atomic mass is 10.2. The monoisotopic (exact) mass is 303 g/mol. The fourth-order valence-electron chi connectivity index (χ4n) is 1.84. The molecule has 1 aliphatic rings. The fourth-order valence-corrected chi connectivity index (χ4v) is 1.84. The van der Waals surface area contributed by atoms with Gasteiger partial charge in [0.1, 0.15) is 18.1 Å². The van der Waals surface area contributed by atoms with Gasteiger partial charge in [0.2, 0.25) is 0 Å². The number of carboxylic acid groups (broad SMARTS) is 1. The minimum Gasteiger partial charge on any atom is -0.508 e. The Bertz CT molecular complexity index is 688. The van der Waals surface area contributed by atoms with Gasteiger partial charge in [0, 0.05) is 12.6 Å². The Morgan fingerprint density at radius 2 is 1.91 bits per heavy atom. The molecule has 0 fully saturated rings. The van der Waals surface area contributed by atoms with Gasteiger partial charge in [-0.15, -0.1) is 0 Å². The van der Waals surface area contributed by atoms with Gasteiger partial charge in [-0.3, -0.25) is 0 Å². The summed E-state index contributed by atoms with van der Waals surface area (Å²) in [5.41, 5.74) is 12.5. The summed E-state index contributed by atoms with van der Waals surface area (Å²) in [6, 6.07) is 9.25. The molecule has 0 radical (unpaired) electrons. The number of aromatic hydroxyl groups is 1. The summed E-state index contributed by atoms with van der Waals surface area (Å²) in [4.78, 5) is 10.4. The van der Waals surface area contributed by atoms with Crippen molar-refractivity contribution in [2.24, 2.45) is 0 Å². The maximum Gasteiger partial charge on any atom is 0.335 e. The van der Waals surface area contributed by atoms with Gasteiger partial charge < -0.3 is 31.7 Å². The summed E-state index contributed by atoms with van der Waals surface area (Å²) in [6.45, 7) is 1.49. The van der Waals surface area contributed by atoms with Gasteiger partial charge in [-0.05, 0) is 30.3 Å². The van der Waals surface area contributed by atoms with Crippen LogP contribution in [-0.4, -0.2) is 29.3 Å². The summed E-state index contributed by atoms with van der Waals surface area (Å²) in [5.74, 6) is 0.0764. The molecular formula is C15H17N3O4. The maximum atomic E-state index is 10.4. The highest BCUT2D eigenvalue weighted by atomic mass is 16.5. The van der Waals surface area contributed by atoms with Crippen molar-refractivity contribution in [1.29, 1.82) is 0 Å². The predicted molar refractivity (Wildman–Crippen MR) is 84.3 cm³/mol. The summed E-state index contributed by atoms with van der Waals surface area (Å²) >= 11 is 0. The number of nitrogens with one attached hydrogen (secondary N) is 1. The Balaban J connectivity index is 0.000000160. The third-order valence-corrected chi connectivity index (χ3v) is 2.97. The summed E-state index contributed by atoms with van der Waals surface area (Å²) in [5, 5.41) is 20.7. The Morgan fingerprint density at radius 3 is 2.59 bits per heavy atom. The van der Waals surface area contributed by atoms with Crippen LogP contribution in [0, 0.1) is 0 Å². The van der Waals surface area contributed by atoms with E-state index in [4.69, 9.17) is 26.4 Å². The minimum absolute atomic E-state index is 0.150. The SMILES string of the molecule is Nc1ccc(C(=O)O)cc1N.Oc1ccc2c(c1)NCCO2. The number of hydrogen-bond donors (Lipinski definition) is 5. The van der Waals surface area contributed by atoms with Crippen LogP contribution in [0.1, 0.15) is 10.4 Å². The van der Waals surface area contributed by atoms with E-state index in [0.29, 0.717) is 18.0 Å². The molecule has 1 heterocycles. The molecule has 0 unspecified atom stereocenters. The lowest BCUT2D eigenvalue weighted by molar-refractivity contribution is 0.0697. The molecule has 7 heteroatoms. The van der Waals surface area contributed by atoms with E-state index in [9.17, 15) is 4.79 Å².